The van der Waals surface area contributed by atoms with Crippen LogP contribution < -0.4 is 5.73 Å². The molecule has 0 spiro atoms. The summed E-state index contributed by atoms with van der Waals surface area (Å²) < 4.78 is 24.1. The number of rotatable bonds is 1. The SMILES string of the molecule is Nc1cccc(F)n1.O=Cc1cncc(F)c1. The molecule has 2 heterocycles. The lowest BCUT2D eigenvalue weighted by molar-refractivity contribution is 0.112. The van der Waals surface area contributed by atoms with Gasteiger partial charge in [-0.2, -0.15) is 4.39 Å². The first-order valence-corrected chi connectivity index (χ1v) is 4.55. The minimum Gasteiger partial charge on any atom is -0.384 e. The van der Waals surface area contributed by atoms with Gasteiger partial charge in [-0.05, 0) is 18.2 Å². The molecule has 2 aromatic heterocycles. The van der Waals surface area contributed by atoms with E-state index >= 15 is 0 Å². The Balaban J connectivity index is 0.000000171. The molecule has 0 aliphatic carbocycles. The van der Waals surface area contributed by atoms with Gasteiger partial charge in [-0.3, -0.25) is 9.78 Å². The van der Waals surface area contributed by atoms with Crippen molar-refractivity contribution in [3.63, 3.8) is 0 Å². The highest BCUT2D eigenvalue weighted by molar-refractivity contribution is 5.73. The monoisotopic (exact) mass is 237 g/mol. The van der Waals surface area contributed by atoms with Gasteiger partial charge in [0.1, 0.15) is 11.6 Å². The standard InChI is InChI=1S/C6H4FNO.C5H5FN2/c7-6-1-5(4-9)2-8-3-6;6-4-2-1-3-5(7)8-4/h1-4H;1-3H,(H2,7,8). The van der Waals surface area contributed by atoms with Crippen LogP contribution in [0.25, 0.3) is 0 Å². The highest BCUT2D eigenvalue weighted by Crippen LogP contribution is 1.96. The van der Waals surface area contributed by atoms with E-state index in [9.17, 15) is 13.6 Å². The van der Waals surface area contributed by atoms with Crippen molar-refractivity contribution in [2.75, 3.05) is 5.73 Å². The summed E-state index contributed by atoms with van der Waals surface area (Å²) in [6, 6.07) is 5.41. The maximum absolute atomic E-state index is 12.1. The Labute approximate surface area is 96.1 Å². The highest BCUT2D eigenvalue weighted by Gasteiger charge is 1.90. The zero-order chi connectivity index (χ0) is 12.7. The van der Waals surface area contributed by atoms with Crippen molar-refractivity contribution < 1.29 is 13.6 Å². The molecule has 17 heavy (non-hydrogen) atoms. The Kier molecular flexibility index (Phi) is 4.68. The molecule has 0 radical (unpaired) electrons. The Morgan fingerprint density at radius 3 is 2.41 bits per heavy atom. The summed E-state index contributed by atoms with van der Waals surface area (Å²) >= 11 is 0. The fourth-order valence-electron chi connectivity index (χ4n) is 0.917. The van der Waals surface area contributed by atoms with Crippen molar-refractivity contribution in [2.24, 2.45) is 0 Å². The van der Waals surface area contributed by atoms with Crippen LogP contribution in [0.4, 0.5) is 14.6 Å². The normalized spacial score (nSPS) is 9.06. The number of hydrogen-bond donors (Lipinski definition) is 1. The molecule has 0 aromatic carbocycles. The number of pyridine rings is 2. The molecule has 6 heteroatoms. The van der Waals surface area contributed by atoms with Crippen LogP contribution >= 0.6 is 0 Å². The molecule has 0 bridgehead atoms. The average molecular weight is 237 g/mol. The smallest absolute Gasteiger partial charge is 0.214 e. The maximum atomic E-state index is 12.1. The molecule has 0 amide bonds. The Morgan fingerprint density at radius 2 is 2.00 bits per heavy atom. The number of halogens is 2. The first kappa shape index (κ1) is 12.7. The van der Waals surface area contributed by atoms with Crippen LogP contribution in [0.15, 0.2) is 36.7 Å². The van der Waals surface area contributed by atoms with Gasteiger partial charge in [0.05, 0.1) is 6.20 Å². The summed E-state index contributed by atoms with van der Waals surface area (Å²) in [7, 11) is 0. The molecular formula is C11H9F2N3O. The van der Waals surface area contributed by atoms with Gasteiger partial charge in [0.15, 0.2) is 6.29 Å². The van der Waals surface area contributed by atoms with Crippen LogP contribution in [-0.2, 0) is 0 Å². The third kappa shape index (κ3) is 4.78. The largest absolute Gasteiger partial charge is 0.384 e. The lowest BCUT2D eigenvalue weighted by atomic mass is 10.3. The molecule has 0 unspecified atom stereocenters. The Morgan fingerprint density at radius 1 is 1.24 bits per heavy atom. The van der Waals surface area contributed by atoms with Gasteiger partial charge >= 0.3 is 0 Å². The van der Waals surface area contributed by atoms with E-state index in [0.717, 1.165) is 12.3 Å². The number of nitrogen functional groups attached to an aromatic ring is 1. The second-order valence-corrected chi connectivity index (χ2v) is 2.94. The second kappa shape index (κ2) is 6.26. The molecule has 0 fully saturated rings. The predicted octanol–water partition coefficient (Wildman–Crippen LogP) is 1.84. The number of carbonyl (C=O) groups excluding carboxylic acids is 1. The van der Waals surface area contributed by atoms with Crippen molar-refractivity contribution in [3.05, 3.63) is 54.0 Å². The van der Waals surface area contributed by atoms with E-state index in [4.69, 9.17) is 5.73 Å². The van der Waals surface area contributed by atoms with Gasteiger partial charge in [0.2, 0.25) is 5.95 Å². The van der Waals surface area contributed by atoms with Crippen LogP contribution in [0.2, 0.25) is 0 Å². The Hall–Kier alpha value is -2.37. The second-order valence-electron chi connectivity index (χ2n) is 2.94. The van der Waals surface area contributed by atoms with Crippen molar-refractivity contribution in [3.8, 4) is 0 Å². The molecule has 88 valence electrons. The van der Waals surface area contributed by atoms with Gasteiger partial charge in [-0.15, -0.1) is 0 Å². The summed E-state index contributed by atoms with van der Waals surface area (Å²) in [6.07, 6.45) is 2.90. The third-order valence-electron chi connectivity index (χ3n) is 1.60. The summed E-state index contributed by atoms with van der Waals surface area (Å²) in [5.74, 6) is -0.811. The number of nitrogens with two attached hydrogens (primary N) is 1. The maximum Gasteiger partial charge on any atom is 0.214 e. The lowest BCUT2D eigenvalue weighted by Gasteiger charge is -1.87. The minimum atomic E-state index is -0.537. The van der Waals surface area contributed by atoms with E-state index in [1.165, 1.54) is 24.4 Å². The van der Waals surface area contributed by atoms with Gasteiger partial charge < -0.3 is 5.73 Å². The predicted molar refractivity (Wildman–Crippen MR) is 58.2 cm³/mol. The average Bonchev–Trinajstić information content (AvgIpc) is 2.29. The van der Waals surface area contributed by atoms with Crippen LogP contribution in [-0.4, -0.2) is 16.3 Å². The fourth-order valence-corrected chi connectivity index (χ4v) is 0.917. The van der Waals surface area contributed by atoms with E-state index < -0.39 is 11.8 Å². The number of nitrogens with zero attached hydrogens (tertiary/aromatic N) is 2. The first-order valence-electron chi connectivity index (χ1n) is 4.55. The van der Waals surface area contributed by atoms with Gasteiger partial charge in [0, 0.05) is 11.8 Å². The van der Waals surface area contributed by atoms with Crippen molar-refractivity contribution >= 4 is 12.1 Å². The van der Waals surface area contributed by atoms with Gasteiger partial charge in [-0.1, -0.05) is 6.07 Å². The molecule has 0 atom stereocenters. The number of carbonyl (C=O) groups is 1. The summed E-state index contributed by atoms with van der Waals surface area (Å²) in [6.45, 7) is 0. The fraction of sp³-hybridized carbons (Fsp3) is 0. The van der Waals surface area contributed by atoms with Crippen molar-refractivity contribution in [1.82, 2.24) is 9.97 Å². The number of aldehydes is 1. The number of hydrogen-bond acceptors (Lipinski definition) is 4. The van der Waals surface area contributed by atoms with Crippen molar-refractivity contribution in [2.45, 2.75) is 0 Å². The molecular weight excluding hydrogens is 228 g/mol. The molecule has 4 nitrogen and oxygen atoms in total. The minimum absolute atomic E-state index is 0.213. The lowest BCUT2D eigenvalue weighted by Crippen LogP contribution is -1.90. The summed E-state index contributed by atoms with van der Waals surface area (Å²) in [5.41, 5.74) is 5.37. The Bertz CT molecular complexity index is 488. The molecule has 2 rings (SSSR count). The van der Waals surface area contributed by atoms with E-state index in [0.29, 0.717) is 6.29 Å². The van der Waals surface area contributed by atoms with E-state index in [1.54, 1.807) is 0 Å². The summed E-state index contributed by atoms with van der Waals surface area (Å²) in [5, 5.41) is 0. The molecule has 0 aliphatic heterocycles. The van der Waals surface area contributed by atoms with Crippen LogP contribution in [0.5, 0.6) is 0 Å². The zero-order valence-corrected chi connectivity index (χ0v) is 8.68. The van der Waals surface area contributed by atoms with E-state index in [-0.39, 0.29) is 11.4 Å². The first-order chi connectivity index (χ1) is 8.11. The molecule has 2 N–H and O–H groups in total. The van der Waals surface area contributed by atoms with Gasteiger partial charge in [0.25, 0.3) is 0 Å². The van der Waals surface area contributed by atoms with E-state index in [2.05, 4.69) is 9.97 Å². The topological polar surface area (TPSA) is 68.9 Å². The van der Waals surface area contributed by atoms with Gasteiger partial charge in [-0.25, -0.2) is 9.37 Å². The number of anilines is 1. The summed E-state index contributed by atoms with van der Waals surface area (Å²) in [4.78, 5) is 16.7. The zero-order valence-electron chi connectivity index (χ0n) is 8.68. The van der Waals surface area contributed by atoms with Crippen LogP contribution in [0, 0.1) is 11.8 Å². The van der Waals surface area contributed by atoms with E-state index in [1.807, 2.05) is 0 Å². The molecule has 2 aromatic rings. The van der Waals surface area contributed by atoms with Crippen molar-refractivity contribution in [1.29, 1.82) is 0 Å². The molecule has 0 saturated heterocycles. The quantitative estimate of drug-likeness (QED) is 0.607. The van der Waals surface area contributed by atoms with Crippen LogP contribution in [0.1, 0.15) is 10.4 Å². The number of aromatic nitrogens is 2. The van der Waals surface area contributed by atoms with Crippen LogP contribution in [0.3, 0.4) is 0 Å². The highest BCUT2D eigenvalue weighted by atomic mass is 19.1. The molecule has 0 saturated carbocycles. The molecule has 0 aliphatic rings. The third-order valence-corrected chi connectivity index (χ3v) is 1.60.